The summed E-state index contributed by atoms with van der Waals surface area (Å²) in [5, 5.41) is 4.21. The lowest BCUT2D eigenvalue weighted by Gasteiger charge is -2.41. The molecule has 182 valence electrons. The van der Waals surface area contributed by atoms with E-state index in [-0.39, 0.29) is 11.8 Å². The number of hydrogen-bond donors (Lipinski definition) is 0. The van der Waals surface area contributed by atoms with E-state index in [0.29, 0.717) is 18.4 Å². The van der Waals surface area contributed by atoms with Gasteiger partial charge in [-0.2, -0.15) is 5.10 Å². The highest BCUT2D eigenvalue weighted by molar-refractivity contribution is 6.16. The summed E-state index contributed by atoms with van der Waals surface area (Å²) in [7, 11) is 1.89. The van der Waals surface area contributed by atoms with Crippen LogP contribution in [0.3, 0.4) is 0 Å². The number of aliphatic imine (C=N–C) groups is 1. The van der Waals surface area contributed by atoms with Crippen LogP contribution in [0.1, 0.15) is 31.2 Å². The van der Waals surface area contributed by atoms with Crippen molar-refractivity contribution in [1.29, 1.82) is 0 Å². The molecule has 0 unspecified atom stereocenters. The molecule has 0 N–H and O–H groups in total. The number of nitrogens with zero attached hydrogens (tertiary/aromatic N) is 6. The van der Waals surface area contributed by atoms with Crippen LogP contribution in [0.2, 0.25) is 0 Å². The summed E-state index contributed by atoms with van der Waals surface area (Å²) in [6, 6.07) is 12.3. The topological polar surface area (TPSA) is 83.7 Å². The van der Waals surface area contributed by atoms with Gasteiger partial charge in [-0.05, 0) is 37.3 Å². The Balaban J connectivity index is 1.07. The van der Waals surface area contributed by atoms with E-state index >= 15 is 0 Å². The number of carbonyl (C=O) groups excluding carboxylic acids is 2. The fourth-order valence-electron chi connectivity index (χ4n) is 5.30. The highest BCUT2D eigenvalue weighted by atomic mass is 16.2. The van der Waals surface area contributed by atoms with Gasteiger partial charge in [0.25, 0.3) is 5.91 Å². The molecular formula is C28H28N6O2. The average molecular weight is 481 g/mol. The number of rotatable bonds is 6. The van der Waals surface area contributed by atoms with Crippen LogP contribution in [-0.2, 0) is 16.6 Å². The van der Waals surface area contributed by atoms with Gasteiger partial charge in [0.05, 0.1) is 11.9 Å². The Kier molecular flexibility index (Phi) is 4.68. The second-order valence-corrected chi connectivity index (χ2v) is 10.7. The lowest BCUT2D eigenvalue weighted by atomic mass is 9.98. The number of hydrogen-bond acceptors (Lipinski definition) is 5. The first kappa shape index (κ1) is 21.5. The molecular weight excluding hydrogens is 452 g/mol. The maximum atomic E-state index is 13.2. The summed E-state index contributed by atoms with van der Waals surface area (Å²) in [6.07, 6.45) is 9.36. The third-order valence-electron chi connectivity index (χ3n) is 7.82. The predicted octanol–water partition coefficient (Wildman–Crippen LogP) is 3.14. The van der Waals surface area contributed by atoms with Crippen molar-refractivity contribution in [2.24, 2.45) is 23.9 Å². The molecule has 2 amide bonds. The Bertz CT molecular complexity index is 1380. The van der Waals surface area contributed by atoms with Gasteiger partial charge in [0, 0.05) is 67.6 Å². The zero-order valence-corrected chi connectivity index (χ0v) is 20.3. The van der Waals surface area contributed by atoms with E-state index in [0.717, 1.165) is 72.6 Å². The number of benzene rings is 1. The Morgan fingerprint density at radius 3 is 2.31 bits per heavy atom. The first-order chi connectivity index (χ1) is 17.5. The van der Waals surface area contributed by atoms with E-state index < -0.39 is 5.54 Å². The van der Waals surface area contributed by atoms with E-state index in [1.165, 1.54) is 0 Å². The van der Waals surface area contributed by atoms with Gasteiger partial charge in [0.2, 0.25) is 5.91 Å². The molecule has 3 fully saturated rings. The molecule has 2 aliphatic carbocycles. The Hall–Kier alpha value is -3.81. The van der Waals surface area contributed by atoms with Crippen molar-refractivity contribution in [3.63, 3.8) is 0 Å². The SMILES string of the molecule is Cn1cc(-c2ccc(-c3ccc(C4=NC5(CC5)C(=O)N4CC4CN(C(=O)C5CC5)C4)cc3)cn2)cn1. The molecule has 0 radical (unpaired) electrons. The van der Waals surface area contributed by atoms with E-state index in [1.807, 2.05) is 41.5 Å². The minimum atomic E-state index is -0.534. The molecule has 2 saturated carbocycles. The molecule has 36 heavy (non-hydrogen) atoms. The number of likely N-dealkylation sites (tertiary alicyclic amines) is 1. The Morgan fingerprint density at radius 2 is 1.69 bits per heavy atom. The summed E-state index contributed by atoms with van der Waals surface area (Å²) >= 11 is 0. The summed E-state index contributed by atoms with van der Waals surface area (Å²) in [4.78, 5) is 38.9. The lowest BCUT2D eigenvalue weighted by Crippen LogP contribution is -2.55. The largest absolute Gasteiger partial charge is 0.342 e. The van der Waals surface area contributed by atoms with Crippen LogP contribution < -0.4 is 0 Å². The van der Waals surface area contributed by atoms with Gasteiger partial charge in [0.1, 0.15) is 11.4 Å². The normalized spacial score (nSPS) is 20.6. The number of amides is 2. The maximum Gasteiger partial charge on any atom is 0.256 e. The molecule has 1 spiro atoms. The average Bonchev–Trinajstić information content (AvgIpc) is 3.79. The zero-order valence-electron chi connectivity index (χ0n) is 20.3. The van der Waals surface area contributed by atoms with Crippen molar-refractivity contribution < 1.29 is 9.59 Å². The van der Waals surface area contributed by atoms with Crippen LogP contribution in [0, 0.1) is 11.8 Å². The summed E-state index contributed by atoms with van der Waals surface area (Å²) < 4.78 is 1.77. The smallest absolute Gasteiger partial charge is 0.256 e. The van der Waals surface area contributed by atoms with Crippen molar-refractivity contribution in [3.05, 3.63) is 60.6 Å². The molecule has 1 saturated heterocycles. The van der Waals surface area contributed by atoms with E-state index in [9.17, 15) is 9.59 Å². The van der Waals surface area contributed by atoms with Gasteiger partial charge >= 0.3 is 0 Å². The first-order valence-electron chi connectivity index (χ1n) is 12.8. The molecule has 0 atom stereocenters. The fourth-order valence-corrected chi connectivity index (χ4v) is 5.30. The van der Waals surface area contributed by atoms with Crippen LogP contribution in [0.15, 0.2) is 60.0 Å². The minimum absolute atomic E-state index is 0.128. The van der Waals surface area contributed by atoms with Gasteiger partial charge < -0.3 is 4.90 Å². The Labute approximate surface area is 209 Å². The first-order valence-corrected chi connectivity index (χ1v) is 12.8. The highest BCUT2D eigenvalue weighted by Crippen LogP contribution is 2.46. The van der Waals surface area contributed by atoms with Crippen molar-refractivity contribution in [2.45, 2.75) is 31.2 Å². The number of amidine groups is 1. The molecule has 4 heterocycles. The van der Waals surface area contributed by atoms with Crippen LogP contribution in [-0.4, -0.2) is 67.4 Å². The number of aromatic nitrogens is 3. The number of aryl methyl sites for hydroxylation is 1. The predicted molar refractivity (Wildman–Crippen MR) is 135 cm³/mol. The second-order valence-electron chi connectivity index (χ2n) is 10.7. The molecule has 8 nitrogen and oxygen atoms in total. The second kappa shape index (κ2) is 7.85. The molecule has 4 aliphatic rings. The van der Waals surface area contributed by atoms with E-state index in [4.69, 9.17) is 4.99 Å². The van der Waals surface area contributed by atoms with Gasteiger partial charge in [0.15, 0.2) is 0 Å². The summed E-state index contributed by atoms with van der Waals surface area (Å²) in [6.45, 7) is 2.14. The van der Waals surface area contributed by atoms with Crippen LogP contribution in [0.4, 0.5) is 0 Å². The Morgan fingerprint density at radius 1 is 0.972 bits per heavy atom. The third kappa shape index (κ3) is 3.63. The van der Waals surface area contributed by atoms with Gasteiger partial charge in [-0.15, -0.1) is 0 Å². The van der Waals surface area contributed by atoms with Crippen LogP contribution >= 0.6 is 0 Å². The monoisotopic (exact) mass is 480 g/mol. The molecule has 8 heteroatoms. The van der Waals surface area contributed by atoms with Crippen LogP contribution in [0.5, 0.6) is 0 Å². The molecule has 0 bridgehead atoms. The lowest BCUT2D eigenvalue weighted by molar-refractivity contribution is -0.139. The minimum Gasteiger partial charge on any atom is -0.342 e. The zero-order chi connectivity index (χ0) is 24.4. The van der Waals surface area contributed by atoms with Crippen molar-refractivity contribution in [3.8, 4) is 22.4 Å². The van der Waals surface area contributed by atoms with E-state index in [2.05, 4.69) is 40.4 Å². The molecule has 2 aliphatic heterocycles. The van der Waals surface area contributed by atoms with Gasteiger partial charge in [-0.25, -0.2) is 0 Å². The quantitative estimate of drug-likeness (QED) is 0.543. The summed E-state index contributed by atoms with van der Waals surface area (Å²) in [5.74, 6) is 1.78. The fraction of sp³-hybridized carbons (Fsp3) is 0.393. The third-order valence-corrected chi connectivity index (χ3v) is 7.82. The van der Waals surface area contributed by atoms with Crippen LogP contribution in [0.25, 0.3) is 22.4 Å². The van der Waals surface area contributed by atoms with Crippen molar-refractivity contribution in [1.82, 2.24) is 24.6 Å². The van der Waals surface area contributed by atoms with E-state index in [1.54, 1.807) is 4.68 Å². The summed E-state index contributed by atoms with van der Waals surface area (Å²) in [5.41, 5.74) is 4.40. The molecule has 1 aromatic carbocycles. The maximum absolute atomic E-state index is 13.2. The number of pyridine rings is 1. The van der Waals surface area contributed by atoms with Crippen molar-refractivity contribution in [2.75, 3.05) is 19.6 Å². The highest BCUT2D eigenvalue weighted by Gasteiger charge is 2.57. The van der Waals surface area contributed by atoms with Gasteiger partial charge in [-0.3, -0.25) is 29.1 Å². The molecule has 2 aromatic heterocycles. The number of carbonyl (C=O) groups is 2. The standard InChI is InChI=1S/C28H28N6O2/c1-32-17-23(13-30-32)24-9-8-22(12-29-24)19-2-4-20(5-3-19)25-31-28(10-11-28)27(36)34(25)16-18-14-33(15-18)26(35)21-6-7-21/h2-5,8-9,12-13,17-18,21H,6-7,10-11,14-16H2,1H3. The molecule has 3 aromatic rings. The van der Waals surface area contributed by atoms with Gasteiger partial charge in [-0.1, -0.05) is 30.3 Å². The van der Waals surface area contributed by atoms with Crippen molar-refractivity contribution >= 4 is 17.6 Å². The molecule has 7 rings (SSSR count).